The molecular formula is C25H27FN6O4. The Hall–Kier alpha value is -3.86. The molecule has 2 aromatic heterocycles. The van der Waals surface area contributed by atoms with Crippen LogP contribution in [0, 0.1) is 5.82 Å². The fourth-order valence-electron chi connectivity index (χ4n) is 4.39. The number of aromatic nitrogens is 4. The van der Waals surface area contributed by atoms with Gasteiger partial charge in [0.05, 0.1) is 11.2 Å². The third-order valence-electron chi connectivity index (χ3n) is 6.18. The lowest BCUT2D eigenvalue weighted by Gasteiger charge is -2.29. The molecule has 0 bridgehead atoms. The topological polar surface area (TPSA) is 122 Å². The highest BCUT2D eigenvalue weighted by Crippen LogP contribution is 2.26. The van der Waals surface area contributed by atoms with Crippen molar-refractivity contribution in [3.63, 3.8) is 0 Å². The summed E-state index contributed by atoms with van der Waals surface area (Å²) in [4.78, 5) is 31.3. The number of rotatable bonds is 5. The van der Waals surface area contributed by atoms with Crippen LogP contribution in [0.25, 0.3) is 11.5 Å². The first-order chi connectivity index (χ1) is 17.2. The minimum absolute atomic E-state index is 0.143. The van der Waals surface area contributed by atoms with E-state index in [2.05, 4.69) is 20.5 Å². The number of halogens is 1. The van der Waals surface area contributed by atoms with Crippen LogP contribution in [-0.4, -0.2) is 60.5 Å². The molecule has 0 aliphatic carbocycles. The molecular weight excluding hydrogens is 467 g/mol. The lowest BCUT2D eigenvalue weighted by Crippen LogP contribution is -2.39. The highest BCUT2D eigenvalue weighted by Gasteiger charge is 2.26. The molecule has 2 N–H and O–H groups in total. The fraction of sp³-hybridized carbons (Fsp3) is 0.400. The Balaban J connectivity index is 1.31. The number of hydrogen-bond donors (Lipinski definition) is 2. The molecule has 5 rings (SSSR count). The monoisotopic (exact) mass is 494 g/mol. The van der Waals surface area contributed by atoms with Crippen molar-refractivity contribution in [1.82, 2.24) is 24.6 Å². The molecule has 0 saturated heterocycles. The van der Waals surface area contributed by atoms with Crippen LogP contribution in [0.1, 0.15) is 47.6 Å². The second-order valence-electron chi connectivity index (χ2n) is 9.70. The Morgan fingerprint density at radius 3 is 2.81 bits per heavy atom. The number of benzene rings is 1. The van der Waals surface area contributed by atoms with E-state index >= 15 is 0 Å². The van der Waals surface area contributed by atoms with Crippen LogP contribution < -0.4 is 5.32 Å². The number of nitrogens with zero attached hydrogens (tertiary/aromatic N) is 5. The van der Waals surface area contributed by atoms with E-state index in [0.717, 1.165) is 30.8 Å². The predicted octanol–water partition coefficient (Wildman–Crippen LogP) is 2.94. The summed E-state index contributed by atoms with van der Waals surface area (Å²) in [6.45, 7) is 4.29. The maximum atomic E-state index is 14.9. The quantitative estimate of drug-likeness (QED) is 0.559. The smallest absolute Gasteiger partial charge is 0.410 e. The summed E-state index contributed by atoms with van der Waals surface area (Å²) in [6, 6.07) is 7.96. The molecule has 0 spiro atoms. The van der Waals surface area contributed by atoms with Crippen LogP contribution >= 0.6 is 0 Å². The Labute approximate surface area is 207 Å². The van der Waals surface area contributed by atoms with Gasteiger partial charge in [0.1, 0.15) is 29.8 Å². The summed E-state index contributed by atoms with van der Waals surface area (Å²) in [6.07, 6.45) is 1.73. The minimum Gasteiger partial charge on any atom is -0.446 e. The zero-order valence-corrected chi connectivity index (χ0v) is 20.1. The summed E-state index contributed by atoms with van der Waals surface area (Å²) in [7, 11) is 0. The number of aryl methyl sites for hydroxylation is 1. The molecule has 2 amide bonds. The van der Waals surface area contributed by atoms with Crippen LogP contribution in [0.3, 0.4) is 0 Å². The largest absolute Gasteiger partial charge is 0.446 e. The number of carbonyl (C=O) groups excluding carboxylic acids is 2. The molecule has 0 unspecified atom stereocenters. The van der Waals surface area contributed by atoms with Crippen molar-refractivity contribution in [2.24, 2.45) is 0 Å². The van der Waals surface area contributed by atoms with Gasteiger partial charge in [0.25, 0.3) is 5.91 Å². The first-order valence-corrected chi connectivity index (χ1v) is 11.8. The number of pyridine rings is 1. The SMILES string of the molecule is CC(C)(O)COC(=O)N1CCc2cc(F)c(C(=O)Nc3cccc(-c4nnc5n4CCC5)n3)cc2C1. The summed E-state index contributed by atoms with van der Waals surface area (Å²) in [5.41, 5.74) is 0.678. The van der Waals surface area contributed by atoms with E-state index in [0.29, 0.717) is 30.0 Å². The highest BCUT2D eigenvalue weighted by molar-refractivity contribution is 6.04. The third-order valence-corrected chi connectivity index (χ3v) is 6.18. The number of nitrogens with one attached hydrogen (secondary N) is 1. The van der Waals surface area contributed by atoms with Crippen LogP contribution in [0.5, 0.6) is 0 Å². The van der Waals surface area contributed by atoms with Gasteiger partial charge in [-0.3, -0.25) is 4.79 Å². The molecule has 36 heavy (non-hydrogen) atoms. The van der Waals surface area contributed by atoms with E-state index in [9.17, 15) is 19.1 Å². The van der Waals surface area contributed by atoms with E-state index in [1.165, 1.54) is 17.0 Å². The van der Waals surface area contributed by atoms with Gasteiger partial charge in [-0.05, 0) is 62.1 Å². The minimum atomic E-state index is -1.14. The molecule has 188 valence electrons. The first-order valence-electron chi connectivity index (χ1n) is 11.8. The molecule has 2 aliphatic rings. The summed E-state index contributed by atoms with van der Waals surface area (Å²) in [5.74, 6) is 0.524. The van der Waals surface area contributed by atoms with Crippen LogP contribution in [-0.2, 0) is 30.7 Å². The van der Waals surface area contributed by atoms with E-state index in [-0.39, 0.29) is 24.5 Å². The van der Waals surface area contributed by atoms with Crippen molar-refractivity contribution in [2.45, 2.75) is 51.8 Å². The third kappa shape index (κ3) is 4.92. The molecule has 10 nitrogen and oxygen atoms in total. The van der Waals surface area contributed by atoms with Crippen molar-refractivity contribution < 1.29 is 23.8 Å². The summed E-state index contributed by atoms with van der Waals surface area (Å²) in [5, 5.41) is 20.9. The lowest BCUT2D eigenvalue weighted by molar-refractivity contribution is -0.00487. The number of fused-ring (bicyclic) bond motifs is 2. The molecule has 0 atom stereocenters. The fourth-order valence-corrected chi connectivity index (χ4v) is 4.39. The van der Waals surface area contributed by atoms with Gasteiger partial charge in [0, 0.05) is 26.1 Å². The number of aliphatic hydroxyl groups is 1. The van der Waals surface area contributed by atoms with Crippen molar-refractivity contribution in [1.29, 1.82) is 0 Å². The van der Waals surface area contributed by atoms with Gasteiger partial charge in [-0.2, -0.15) is 0 Å². The molecule has 11 heteroatoms. The molecule has 1 aromatic carbocycles. The van der Waals surface area contributed by atoms with E-state index < -0.39 is 23.4 Å². The second kappa shape index (κ2) is 9.30. The van der Waals surface area contributed by atoms with Crippen molar-refractivity contribution in [3.8, 4) is 11.5 Å². The molecule has 4 heterocycles. The number of ether oxygens (including phenoxy) is 1. The number of amides is 2. The van der Waals surface area contributed by atoms with Crippen LogP contribution in [0.4, 0.5) is 15.0 Å². The number of carbonyl (C=O) groups is 2. The van der Waals surface area contributed by atoms with E-state index in [1.807, 2.05) is 4.57 Å². The van der Waals surface area contributed by atoms with Gasteiger partial charge in [0.2, 0.25) is 0 Å². The average Bonchev–Trinajstić information content (AvgIpc) is 3.45. The highest BCUT2D eigenvalue weighted by atomic mass is 19.1. The second-order valence-corrected chi connectivity index (χ2v) is 9.70. The molecule has 0 saturated carbocycles. The normalized spacial score (nSPS) is 14.8. The van der Waals surface area contributed by atoms with Gasteiger partial charge >= 0.3 is 6.09 Å². The first kappa shape index (κ1) is 23.9. The number of hydrogen-bond acceptors (Lipinski definition) is 7. The molecule has 0 fully saturated rings. The molecule has 3 aromatic rings. The van der Waals surface area contributed by atoms with E-state index in [1.54, 1.807) is 32.0 Å². The zero-order valence-electron chi connectivity index (χ0n) is 20.1. The van der Waals surface area contributed by atoms with Gasteiger partial charge in [0.15, 0.2) is 5.82 Å². The number of anilines is 1. The maximum Gasteiger partial charge on any atom is 0.410 e. The zero-order chi connectivity index (χ0) is 25.4. The van der Waals surface area contributed by atoms with Crippen molar-refractivity contribution in [2.75, 3.05) is 18.5 Å². The Kier molecular flexibility index (Phi) is 6.17. The average molecular weight is 495 g/mol. The lowest BCUT2D eigenvalue weighted by atomic mass is 9.96. The molecule has 2 aliphatic heterocycles. The summed E-state index contributed by atoms with van der Waals surface area (Å²) >= 11 is 0. The molecule has 0 radical (unpaired) electrons. The van der Waals surface area contributed by atoms with Gasteiger partial charge in [-0.15, -0.1) is 10.2 Å². The van der Waals surface area contributed by atoms with E-state index in [4.69, 9.17) is 4.74 Å². The van der Waals surface area contributed by atoms with Crippen LogP contribution in [0.2, 0.25) is 0 Å². The summed E-state index contributed by atoms with van der Waals surface area (Å²) < 4.78 is 22.0. The van der Waals surface area contributed by atoms with Gasteiger partial charge < -0.3 is 24.6 Å². The predicted molar refractivity (Wildman–Crippen MR) is 128 cm³/mol. The van der Waals surface area contributed by atoms with Crippen molar-refractivity contribution >= 4 is 17.8 Å². The Morgan fingerprint density at radius 2 is 2.00 bits per heavy atom. The van der Waals surface area contributed by atoms with Gasteiger partial charge in [-0.25, -0.2) is 14.2 Å². The Bertz CT molecular complexity index is 1330. The Morgan fingerprint density at radius 1 is 1.17 bits per heavy atom. The maximum absolute atomic E-state index is 14.9. The van der Waals surface area contributed by atoms with Crippen LogP contribution in [0.15, 0.2) is 30.3 Å². The van der Waals surface area contributed by atoms with Crippen molar-refractivity contribution in [3.05, 3.63) is 58.7 Å². The van der Waals surface area contributed by atoms with Gasteiger partial charge in [-0.1, -0.05) is 6.07 Å². The standard InChI is InChI=1S/C25H27FN6O4/c1-25(2,35)14-36-24(34)31-10-8-15-12-18(26)17(11-16(15)13-31)23(33)28-20-6-3-5-19(27-20)22-30-29-21-7-4-9-32(21)22/h3,5-6,11-12,35H,4,7-10,13-14H2,1-2H3,(H,27,28,33).